The first-order valence-corrected chi connectivity index (χ1v) is 13.9. The molecule has 0 radical (unpaired) electrons. The number of anilines is 1. The van der Waals surface area contributed by atoms with Gasteiger partial charge in [0.2, 0.25) is 11.8 Å². The molecule has 0 aliphatic heterocycles. The first-order chi connectivity index (χ1) is 17.9. The molecule has 3 rings (SSSR count). The highest BCUT2D eigenvalue weighted by atomic mass is 35.5. The van der Waals surface area contributed by atoms with Crippen LogP contribution in [0.25, 0.3) is 0 Å². The van der Waals surface area contributed by atoms with Crippen LogP contribution in [0, 0.1) is 12.7 Å². The molecule has 0 heterocycles. The fourth-order valence-electron chi connectivity index (χ4n) is 3.75. The molecule has 0 unspecified atom stereocenters. The third-order valence-electron chi connectivity index (χ3n) is 5.87. The lowest BCUT2D eigenvalue weighted by Gasteiger charge is -2.32. The predicted molar refractivity (Wildman–Crippen MR) is 147 cm³/mol. The van der Waals surface area contributed by atoms with Crippen molar-refractivity contribution in [3.63, 3.8) is 0 Å². The molecule has 0 fully saturated rings. The monoisotopic (exact) mass is 559 g/mol. The Hall–Kier alpha value is -3.43. The van der Waals surface area contributed by atoms with E-state index >= 15 is 0 Å². The maximum Gasteiger partial charge on any atom is 0.264 e. The lowest BCUT2D eigenvalue weighted by molar-refractivity contribution is -0.139. The molecular weight excluding hydrogens is 529 g/mol. The second kappa shape index (κ2) is 12.4. The number of halogens is 2. The Labute approximate surface area is 228 Å². The molecule has 1 atom stereocenters. The molecule has 0 bridgehead atoms. The van der Waals surface area contributed by atoms with Gasteiger partial charge in [0.05, 0.1) is 10.6 Å². The van der Waals surface area contributed by atoms with E-state index in [0.717, 1.165) is 9.87 Å². The van der Waals surface area contributed by atoms with Crippen LogP contribution in [0.2, 0.25) is 5.02 Å². The fourth-order valence-corrected chi connectivity index (χ4v) is 5.29. The van der Waals surface area contributed by atoms with Crippen molar-refractivity contribution in [3.05, 3.63) is 94.8 Å². The van der Waals surface area contributed by atoms with Gasteiger partial charge in [0.15, 0.2) is 0 Å². The van der Waals surface area contributed by atoms with Crippen molar-refractivity contribution >= 4 is 39.1 Å². The number of sulfonamides is 1. The van der Waals surface area contributed by atoms with Crippen LogP contribution in [-0.2, 0) is 26.2 Å². The molecule has 2 amide bonds. The van der Waals surface area contributed by atoms with Crippen LogP contribution in [0.4, 0.5) is 10.1 Å². The van der Waals surface area contributed by atoms with E-state index in [9.17, 15) is 22.4 Å². The quantitative estimate of drug-likeness (QED) is 0.382. The van der Waals surface area contributed by atoms with Gasteiger partial charge in [-0.05, 0) is 81.8 Å². The van der Waals surface area contributed by atoms with Gasteiger partial charge in [-0.25, -0.2) is 12.8 Å². The fraction of sp³-hybridized carbons (Fsp3) is 0.286. The van der Waals surface area contributed by atoms with E-state index < -0.39 is 40.2 Å². The van der Waals surface area contributed by atoms with E-state index in [0.29, 0.717) is 16.3 Å². The van der Waals surface area contributed by atoms with Crippen LogP contribution in [0.5, 0.6) is 0 Å². The molecule has 3 aromatic carbocycles. The van der Waals surface area contributed by atoms with Crippen molar-refractivity contribution in [2.24, 2.45) is 0 Å². The van der Waals surface area contributed by atoms with Crippen molar-refractivity contribution in [1.82, 2.24) is 10.2 Å². The molecule has 202 valence electrons. The van der Waals surface area contributed by atoms with Crippen LogP contribution >= 0.6 is 11.6 Å². The van der Waals surface area contributed by atoms with Gasteiger partial charge in [-0.1, -0.05) is 41.4 Å². The van der Waals surface area contributed by atoms with Crippen LogP contribution in [0.15, 0.2) is 77.7 Å². The summed E-state index contributed by atoms with van der Waals surface area (Å²) in [6.07, 6.45) is 0. The SMILES string of the molecule is Cc1ccc(N(CC(=O)N(Cc2ccc(F)cc2)[C@@H](C)C(=O)NC(C)C)S(=O)(=O)c2ccc(Cl)cc2)cc1. The minimum Gasteiger partial charge on any atom is -0.352 e. The zero-order valence-electron chi connectivity index (χ0n) is 21.7. The number of rotatable bonds is 10. The molecule has 0 saturated heterocycles. The number of amides is 2. The number of carbonyl (C=O) groups is 2. The average Bonchev–Trinajstić information content (AvgIpc) is 2.87. The molecule has 7 nitrogen and oxygen atoms in total. The summed E-state index contributed by atoms with van der Waals surface area (Å²) in [5, 5.41) is 3.16. The summed E-state index contributed by atoms with van der Waals surface area (Å²) in [5.74, 6) is -1.42. The van der Waals surface area contributed by atoms with Crippen molar-refractivity contribution in [2.45, 2.75) is 51.2 Å². The zero-order valence-corrected chi connectivity index (χ0v) is 23.3. The van der Waals surface area contributed by atoms with Gasteiger partial charge >= 0.3 is 0 Å². The Morgan fingerprint density at radius 1 is 0.921 bits per heavy atom. The molecule has 0 saturated carbocycles. The van der Waals surface area contributed by atoms with Crippen LogP contribution in [-0.4, -0.2) is 43.8 Å². The molecule has 0 aliphatic carbocycles. The van der Waals surface area contributed by atoms with Gasteiger partial charge in [-0.15, -0.1) is 0 Å². The number of nitrogens with one attached hydrogen (secondary N) is 1. The predicted octanol–water partition coefficient (Wildman–Crippen LogP) is 4.92. The topological polar surface area (TPSA) is 86.8 Å². The number of hydrogen-bond acceptors (Lipinski definition) is 4. The van der Waals surface area contributed by atoms with E-state index in [-0.39, 0.29) is 17.5 Å². The molecule has 10 heteroatoms. The van der Waals surface area contributed by atoms with Gasteiger partial charge in [-0.3, -0.25) is 13.9 Å². The van der Waals surface area contributed by atoms with E-state index in [2.05, 4.69) is 5.32 Å². The summed E-state index contributed by atoms with van der Waals surface area (Å²) in [5.41, 5.74) is 1.80. The van der Waals surface area contributed by atoms with E-state index in [1.54, 1.807) is 45.0 Å². The Balaban J connectivity index is 2.02. The molecule has 1 N–H and O–H groups in total. The van der Waals surface area contributed by atoms with Gasteiger partial charge in [0.25, 0.3) is 10.0 Å². The molecule has 0 spiro atoms. The lowest BCUT2D eigenvalue weighted by Crippen LogP contribution is -2.52. The minimum atomic E-state index is -4.18. The maximum atomic E-state index is 13.8. The molecular formula is C28H31ClFN3O4S. The second-order valence-corrected chi connectivity index (χ2v) is 11.6. The first-order valence-electron chi connectivity index (χ1n) is 12.1. The van der Waals surface area contributed by atoms with E-state index in [1.165, 1.54) is 53.4 Å². The highest BCUT2D eigenvalue weighted by Crippen LogP contribution is 2.26. The summed E-state index contributed by atoms with van der Waals surface area (Å²) in [4.78, 5) is 27.9. The van der Waals surface area contributed by atoms with Crippen LogP contribution in [0.1, 0.15) is 31.9 Å². The second-order valence-electron chi connectivity index (χ2n) is 9.29. The Morgan fingerprint density at radius 2 is 1.50 bits per heavy atom. The van der Waals surface area contributed by atoms with Gasteiger partial charge < -0.3 is 10.2 Å². The molecule has 38 heavy (non-hydrogen) atoms. The summed E-state index contributed by atoms with van der Waals surface area (Å²) >= 11 is 5.96. The van der Waals surface area contributed by atoms with Gasteiger partial charge in [-0.2, -0.15) is 0 Å². The Morgan fingerprint density at radius 3 is 2.05 bits per heavy atom. The largest absolute Gasteiger partial charge is 0.352 e. The number of carbonyl (C=O) groups excluding carboxylic acids is 2. The normalized spacial score (nSPS) is 12.2. The number of benzene rings is 3. The molecule has 3 aromatic rings. The van der Waals surface area contributed by atoms with Gasteiger partial charge in [0.1, 0.15) is 18.4 Å². The minimum absolute atomic E-state index is 0.0193. The average molecular weight is 560 g/mol. The Kier molecular flexibility index (Phi) is 9.51. The third kappa shape index (κ3) is 7.33. The van der Waals surface area contributed by atoms with Crippen LogP contribution in [0.3, 0.4) is 0 Å². The summed E-state index contributed by atoms with van der Waals surface area (Å²) < 4.78 is 42.0. The summed E-state index contributed by atoms with van der Waals surface area (Å²) in [7, 11) is -4.18. The van der Waals surface area contributed by atoms with Crippen molar-refractivity contribution < 1.29 is 22.4 Å². The third-order valence-corrected chi connectivity index (χ3v) is 7.91. The van der Waals surface area contributed by atoms with Crippen molar-refractivity contribution in [1.29, 1.82) is 0 Å². The smallest absolute Gasteiger partial charge is 0.264 e. The standard InChI is InChI=1S/C28H31ClFN3O4S/c1-19(2)31-28(35)21(4)32(17-22-7-11-24(30)12-8-22)27(34)18-33(25-13-5-20(3)6-14-25)38(36,37)26-15-9-23(29)10-16-26/h5-16,19,21H,17-18H2,1-4H3,(H,31,35)/t21-/m0/s1. The zero-order chi connectivity index (χ0) is 28.0. The van der Waals surface area contributed by atoms with E-state index in [1.807, 2.05) is 6.92 Å². The summed E-state index contributed by atoms with van der Waals surface area (Å²) in [6.45, 7) is 6.46. The van der Waals surface area contributed by atoms with Crippen LogP contribution < -0.4 is 9.62 Å². The van der Waals surface area contributed by atoms with E-state index in [4.69, 9.17) is 11.6 Å². The number of aryl methyl sites for hydroxylation is 1. The molecule has 0 aliphatic rings. The maximum absolute atomic E-state index is 13.8. The summed E-state index contributed by atoms with van der Waals surface area (Å²) in [6, 6.07) is 16.9. The number of hydrogen-bond donors (Lipinski definition) is 1. The first kappa shape index (κ1) is 29.1. The van der Waals surface area contributed by atoms with Crippen molar-refractivity contribution in [3.8, 4) is 0 Å². The lowest BCUT2D eigenvalue weighted by atomic mass is 10.1. The highest BCUT2D eigenvalue weighted by Gasteiger charge is 2.32. The molecule has 0 aromatic heterocycles. The number of nitrogens with zero attached hydrogens (tertiary/aromatic N) is 2. The highest BCUT2D eigenvalue weighted by molar-refractivity contribution is 7.92. The van der Waals surface area contributed by atoms with Gasteiger partial charge in [0, 0.05) is 17.6 Å². The Bertz CT molecular complexity index is 1360. The van der Waals surface area contributed by atoms with Crippen molar-refractivity contribution in [2.75, 3.05) is 10.8 Å².